The van der Waals surface area contributed by atoms with Gasteiger partial charge in [0.15, 0.2) is 0 Å². The lowest BCUT2D eigenvalue weighted by molar-refractivity contribution is 0.107. The molecule has 1 aliphatic heterocycles. The van der Waals surface area contributed by atoms with Gasteiger partial charge < -0.3 is 15.2 Å². The Hall–Kier alpha value is -1.01. The summed E-state index contributed by atoms with van der Waals surface area (Å²) in [6.07, 6.45) is 0.652. The van der Waals surface area contributed by atoms with E-state index in [1.165, 1.54) is 18.2 Å². The predicted octanol–water partition coefficient (Wildman–Crippen LogP) is 2.42. The first-order valence-electron chi connectivity index (χ1n) is 5.21. The summed E-state index contributed by atoms with van der Waals surface area (Å²) in [5.74, 6) is 0.323. The SMILES string of the molecule is Nc1cc(OC2CCOC2)cc(C(F)(F)S)c1. The first-order chi connectivity index (χ1) is 7.95. The molecule has 1 heterocycles. The Morgan fingerprint density at radius 2 is 2.18 bits per heavy atom. The molecule has 94 valence electrons. The zero-order valence-electron chi connectivity index (χ0n) is 9.03. The van der Waals surface area contributed by atoms with Crippen molar-refractivity contribution in [2.45, 2.75) is 17.8 Å². The van der Waals surface area contributed by atoms with Crippen LogP contribution in [0.4, 0.5) is 14.5 Å². The normalized spacial score (nSPS) is 20.5. The summed E-state index contributed by atoms with van der Waals surface area (Å²) >= 11 is 3.22. The lowest BCUT2D eigenvalue weighted by Crippen LogP contribution is -2.16. The second-order valence-corrected chi connectivity index (χ2v) is 4.50. The maximum atomic E-state index is 13.1. The van der Waals surface area contributed by atoms with Gasteiger partial charge in [0.1, 0.15) is 11.9 Å². The number of nitrogens with two attached hydrogens (primary N) is 1. The summed E-state index contributed by atoms with van der Waals surface area (Å²) in [5.41, 5.74) is 5.51. The Morgan fingerprint density at radius 1 is 1.41 bits per heavy atom. The fourth-order valence-electron chi connectivity index (χ4n) is 1.66. The maximum Gasteiger partial charge on any atom is 0.316 e. The first kappa shape index (κ1) is 12.4. The van der Waals surface area contributed by atoms with Crippen molar-refractivity contribution >= 4 is 18.3 Å². The summed E-state index contributed by atoms with van der Waals surface area (Å²) in [5, 5.41) is -3.22. The Labute approximate surface area is 103 Å². The monoisotopic (exact) mass is 261 g/mol. The molecule has 0 bridgehead atoms. The average molecular weight is 261 g/mol. The molecule has 1 aromatic rings. The molecule has 0 aromatic heterocycles. The Balaban J connectivity index is 2.19. The number of halogens is 2. The van der Waals surface area contributed by atoms with E-state index >= 15 is 0 Å². The van der Waals surface area contributed by atoms with Gasteiger partial charge in [0, 0.05) is 23.7 Å². The van der Waals surface area contributed by atoms with E-state index in [1.807, 2.05) is 0 Å². The van der Waals surface area contributed by atoms with E-state index in [4.69, 9.17) is 15.2 Å². The molecule has 2 N–H and O–H groups in total. The molecule has 1 fully saturated rings. The molecule has 17 heavy (non-hydrogen) atoms. The molecule has 1 aliphatic rings. The molecule has 6 heteroatoms. The van der Waals surface area contributed by atoms with Crippen molar-refractivity contribution in [2.24, 2.45) is 0 Å². The van der Waals surface area contributed by atoms with Crippen molar-refractivity contribution in [2.75, 3.05) is 18.9 Å². The average Bonchev–Trinajstić information content (AvgIpc) is 2.68. The summed E-state index contributed by atoms with van der Waals surface area (Å²) in [6.45, 7) is 1.10. The quantitative estimate of drug-likeness (QED) is 0.648. The van der Waals surface area contributed by atoms with Crippen molar-refractivity contribution < 1.29 is 18.3 Å². The highest BCUT2D eigenvalue weighted by Crippen LogP contribution is 2.35. The van der Waals surface area contributed by atoms with Gasteiger partial charge in [-0.05, 0) is 12.1 Å². The minimum absolute atomic E-state index is 0.0989. The molecule has 1 atom stereocenters. The van der Waals surface area contributed by atoms with Crippen LogP contribution >= 0.6 is 12.6 Å². The summed E-state index contributed by atoms with van der Waals surface area (Å²) in [7, 11) is 0. The van der Waals surface area contributed by atoms with Gasteiger partial charge >= 0.3 is 5.25 Å². The number of thiol groups is 1. The van der Waals surface area contributed by atoms with Crippen LogP contribution in [0.15, 0.2) is 18.2 Å². The smallest absolute Gasteiger partial charge is 0.316 e. The topological polar surface area (TPSA) is 44.5 Å². The van der Waals surface area contributed by atoms with Crippen LogP contribution in [0.25, 0.3) is 0 Å². The molecule has 3 nitrogen and oxygen atoms in total. The van der Waals surface area contributed by atoms with E-state index in [0.717, 1.165) is 6.42 Å². The Bertz CT molecular complexity index is 403. The molecule has 0 aliphatic carbocycles. The zero-order valence-corrected chi connectivity index (χ0v) is 9.92. The molecule has 0 spiro atoms. The van der Waals surface area contributed by atoms with Crippen LogP contribution < -0.4 is 10.5 Å². The van der Waals surface area contributed by atoms with Gasteiger partial charge in [-0.3, -0.25) is 0 Å². The van der Waals surface area contributed by atoms with Crippen molar-refractivity contribution in [1.29, 1.82) is 0 Å². The van der Waals surface area contributed by atoms with Crippen molar-refractivity contribution in [1.82, 2.24) is 0 Å². The zero-order chi connectivity index (χ0) is 12.5. The van der Waals surface area contributed by atoms with Crippen molar-refractivity contribution in [3.05, 3.63) is 23.8 Å². The number of alkyl halides is 2. The fourth-order valence-corrected chi connectivity index (χ4v) is 1.79. The standard InChI is InChI=1S/C11H13F2NO2S/c12-11(13,17)7-3-8(14)5-10(4-7)16-9-1-2-15-6-9/h3-5,9,17H,1-2,6,14H2. The van der Waals surface area contributed by atoms with Crippen LogP contribution in [0.2, 0.25) is 0 Å². The van der Waals surface area contributed by atoms with Crippen LogP contribution in [0.3, 0.4) is 0 Å². The minimum Gasteiger partial charge on any atom is -0.488 e. The van der Waals surface area contributed by atoms with E-state index in [2.05, 4.69) is 12.6 Å². The second kappa shape index (κ2) is 4.70. The molecule has 0 amide bonds. The lowest BCUT2D eigenvalue weighted by Gasteiger charge is -2.16. The van der Waals surface area contributed by atoms with Crippen molar-refractivity contribution in [3.63, 3.8) is 0 Å². The molecule has 1 saturated heterocycles. The highest BCUT2D eigenvalue weighted by Gasteiger charge is 2.27. The van der Waals surface area contributed by atoms with Gasteiger partial charge in [0.25, 0.3) is 0 Å². The van der Waals surface area contributed by atoms with Gasteiger partial charge in [-0.15, -0.1) is 12.6 Å². The molecule has 1 aromatic carbocycles. The first-order valence-corrected chi connectivity index (χ1v) is 5.65. The maximum absolute atomic E-state index is 13.1. The highest BCUT2D eigenvalue weighted by atomic mass is 32.1. The number of anilines is 1. The number of nitrogen functional groups attached to an aromatic ring is 1. The Kier molecular flexibility index (Phi) is 3.44. The third kappa shape index (κ3) is 3.23. The van der Waals surface area contributed by atoms with Crippen LogP contribution in [0.1, 0.15) is 12.0 Å². The fraction of sp³-hybridized carbons (Fsp3) is 0.455. The third-order valence-electron chi connectivity index (χ3n) is 2.47. The summed E-state index contributed by atoms with van der Waals surface area (Å²) in [4.78, 5) is 0. The van der Waals surface area contributed by atoms with Crippen LogP contribution in [-0.2, 0) is 9.99 Å². The summed E-state index contributed by atoms with van der Waals surface area (Å²) < 4.78 is 36.8. The lowest BCUT2D eigenvalue weighted by atomic mass is 10.2. The molecule has 2 rings (SSSR count). The van der Waals surface area contributed by atoms with Gasteiger partial charge in [-0.2, -0.15) is 8.78 Å². The molecule has 0 saturated carbocycles. The van der Waals surface area contributed by atoms with E-state index in [9.17, 15) is 8.78 Å². The Morgan fingerprint density at radius 3 is 2.76 bits per heavy atom. The van der Waals surface area contributed by atoms with E-state index in [-0.39, 0.29) is 17.4 Å². The van der Waals surface area contributed by atoms with Gasteiger partial charge in [-0.1, -0.05) is 0 Å². The molecule has 0 radical (unpaired) electrons. The minimum atomic E-state index is -3.22. The van der Waals surface area contributed by atoms with Crippen LogP contribution in [-0.4, -0.2) is 19.3 Å². The summed E-state index contributed by atoms with van der Waals surface area (Å²) in [6, 6.07) is 3.95. The van der Waals surface area contributed by atoms with E-state index in [0.29, 0.717) is 19.0 Å². The third-order valence-corrected chi connectivity index (χ3v) is 2.73. The van der Waals surface area contributed by atoms with E-state index in [1.54, 1.807) is 0 Å². The van der Waals surface area contributed by atoms with Gasteiger partial charge in [-0.25, -0.2) is 0 Å². The predicted molar refractivity (Wildman–Crippen MR) is 63.6 cm³/mol. The molecular formula is C11H13F2NO2S. The molecule has 1 unspecified atom stereocenters. The van der Waals surface area contributed by atoms with E-state index < -0.39 is 5.25 Å². The number of hydrogen-bond donors (Lipinski definition) is 2. The van der Waals surface area contributed by atoms with Crippen molar-refractivity contribution in [3.8, 4) is 5.75 Å². The van der Waals surface area contributed by atoms with Crippen LogP contribution in [0, 0.1) is 0 Å². The number of rotatable bonds is 3. The molecular weight excluding hydrogens is 248 g/mol. The largest absolute Gasteiger partial charge is 0.488 e. The number of ether oxygens (including phenoxy) is 2. The number of hydrogen-bond acceptors (Lipinski definition) is 4. The number of benzene rings is 1. The highest BCUT2D eigenvalue weighted by molar-refractivity contribution is 7.81. The second-order valence-electron chi connectivity index (χ2n) is 3.94. The van der Waals surface area contributed by atoms with Gasteiger partial charge in [0.2, 0.25) is 0 Å². The van der Waals surface area contributed by atoms with Crippen LogP contribution in [0.5, 0.6) is 5.75 Å². The van der Waals surface area contributed by atoms with Gasteiger partial charge in [0.05, 0.1) is 13.2 Å².